The highest BCUT2D eigenvalue weighted by molar-refractivity contribution is 9.10. The van der Waals surface area contributed by atoms with E-state index in [-0.39, 0.29) is 11.3 Å². The molecule has 3 N–H and O–H groups in total. The monoisotopic (exact) mass is 308 g/mol. The van der Waals surface area contributed by atoms with E-state index >= 15 is 0 Å². The average molecular weight is 309 g/mol. The van der Waals surface area contributed by atoms with Crippen LogP contribution in [-0.2, 0) is 0 Å². The number of anilines is 2. The summed E-state index contributed by atoms with van der Waals surface area (Å²) in [5, 5.41) is 2.67. The van der Waals surface area contributed by atoms with Gasteiger partial charge in [0, 0.05) is 15.7 Å². The van der Waals surface area contributed by atoms with Crippen LogP contribution in [0.1, 0.15) is 10.4 Å². The molecule has 0 saturated carbocycles. The van der Waals surface area contributed by atoms with Crippen molar-refractivity contribution in [2.75, 3.05) is 11.1 Å². The molecule has 0 heterocycles. The summed E-state index contributed by atoms with van der Waals surface area (Å²) in [5.74, 6) is -0.944. The van der Waals surface area contributed by atoms with Crippen LogP contribution in [0.15, 0.2) is 46.9 Å². The van der Waals surface area contributed by atoms with E-state index in [1.54, 1.807) is 18.2 Å². The zero-order valence-electron chi connectivity index (χ0n) is 9.28. The molecule has 0 unspecified atom stereocenters. The molecule has 2 aromatic carbocycles. The van der Waals surface area contributed by atoms with E-state index in [0.717, 1.165) is 16.6 Å². The van der Waals surface area contributed by atoms with Gasteiger partial charge in [0.1, 0.15) is 5.82 Å². The van der Waals surface area contributed by atoms with Gasteiger partial charge in [0.05, 0.1) is 5.69 Å². The fourth-order valence-electron chi connectivity index (χ4n) is 1.50. The number of carbonyl (C=O) groups excluding carboxylic acids is 1. The molecule has 0 fully saturated rings. The number of benzene rings is 2. The Morgan fingerprint density at radius 1 is 1.22 bits per heavy atom. The van der Waals surface area contributed by atoms with Gasteiger partial charge in [-0.1, -0.05) is 12.1 Å². The highest BCUT2D eigenvalue weighted by Gasteiger charge is 2.09. The maximum absolute atomic E-state index is 13.1. The highest BCUT2D eigenvalue weighted by Crippen LogP contribution is 2.22. The number of hydrogen-bond donors (Lipinski definition) is 2. The summed E-state index contributed by atoms with van der Waals surface area (Å²) in [5.41, 5.74) is 6.51. The molecule has 2 rings (SSSR count). The number of nitrogens with one attached hydrogen (secondary N) is 1. The summed E-state index contributed by atoms with van der Waals surface area (Å²) >= 11 is 3.31. The Balaban J connectivity index is 2.25. The molecule has 0 atom stereocenters. The van der Waals surface area contributed by atoms with Crippen LogP contribution in [0.2, 0.25) is 0 Å². The smallest absolute Gasteiger partial charge is 0.255 e. The van der Waals surface area contributed by atoms with Crippen molar-refractivity contribution in [3.8, 4) is 0 Å². The van der Waals surface area contributed by atoms with E-state index in [4.69, 9.17) is 5.73 Å². The molecule has 0 aliphatic carbocycles. The summed E-state index contributed by atoms with van der Waals surface area (Å²) in [4.78, 5) is 11.9. The third-order valence-electron chi connectivity index (χ3n) is 2.30. The molecule has 3 nitrogen and oxygen atoms in total. The number of nitrogens with two attached hydrogens (primary N) is 1. The lowest BCUT2D eigenvalue weighted by molar-refractivity contribution is 0.102. The normalized spacial score (nSPS) is 10.1. The summed E-state index contributed by atoms with van der Waals surface area (Å²) in [7, 11) is 0. The quantitative estimate of drug-likeness (QED) is 0.835. The standard InChI is InChI=1S/C13H10BrFN2O/c14-11-3-1-2-4-12(11)17-13(18)8-5-9(15)7-10(16)6-8/h1-7H,16H2,(H,17,18). The molecule has 0 saturated heterocycles. The van der Waals surface area contributed by atoms with Crippen molar-refractivity contribution < 1.29 is 9.18 Å². The molecule has 5 heteroatoms. The van der Waals surface area contributed by atoms with Gasteiger partial charge in [-0.25, -0.2) is 4.39 Å². The maximum atomic E-state index is 13.1. The first kappa shape index (κ1) is 12.6. The lowest BCUT2D eigenvalue weighted by atomic mass is 10.2. The molecule has 92 valence electrons. The van der Waals surface area contributed by atoms with Crippen molar-refractivity contribution in [3.63, 3.8) is 0 Å². The van der Waals surface area contributed by atoms with Gasteiger partial charge in [0.25, 0.3) is 5.91 Å². The predicted molar refractivity (Wildman–Crippen MR) is 72.9 cm³/mol. The Kier molecular flexibility index (Phi) is 3.62. The van der Waals surface area contributed by atoms with Crippen LogP contribution in [0.25, 0.3) is 0 Å². The summed E-state index contributed by atoms with van der Waals surface area (Å²) in [6, 6.07) is 10.9. The summed E-state index contributed by atoms with van der Waals surface area (Å²) < 4.78 is 13.9. The van der Waals surface area contributed by atoms with Crippen molar-refractivity contribution in [1.82, 2.24) is 0 Å². The first-order chi connectivity index (χ1) is 8.56. The molecule has 18 heavy (non-hydrogen) atoms. The van der Waals surface area contributed by atoms with E-state index in [1.165, 1.54) is 6.07 Å². The Morgan fingerprint density at radius 3 is 2.61 bits per heavy atom. The van der Waals surface area contributed by atoms with Crippen LogP contribution in [-0.4, -0.2) is 5.91 Å². The van der Waals surface area contributed by atoms with Crippen LogP contribution >= 0.6 is 15.9 Å². The third kappa shape index (κ3) is 2.87. The van der Waals surface area contributed by atoms with Crippen LogP contribution in [0.5, 0.6) is 0 Å². The lowest BCUT2D eigenvalue weighted by Gasteiger charge is -2.07. The van der Waals surface area contributed by atoms with Gasteiger partial charge in [-0.2, -0.15) is 0 Å². The second-order valence-electron chi connectivity index (χ2n) is 3.71. The minimum Gasteiger partial charge on any atom is -0.399 e. The number of amides is 1. The zero-order valence-corrected chi connectivity index (χ0v) is 10.9. The van der Waals surface area contributed by atoms with Gasteiger partial charge in [0.15, 0.2) is 0 Å². The molecule has 0 radical (unpaired) electrons. The van der Waals surface area contributed by atoms with Crippen LogP contribution in [0, 0.1) is 5.82 Å². The molecule has 0 aliphatic heterocycles. The number of nitrogen functional groups attached to an aromatic ring is 1. The Hall–Kier alpha value is -1.88. The molecular formula is C13H10BrFN2O. The Labute approximate surface area is 112 Å². The van der Waals surface area contributed by atoms with Gasteiger partial charge >= 0.3 is 0 Å². The largest absolute Gasteiger partial charge is 0.399 e. The van der Waals surface area contributed by atoms with Crippen molar-refractivity contribution in [2.24, 2.45) is 0 Å². The molecule has 0 spiro atoms. The van der Waals surface area contributed by atoms with Crippen molar-refractivity contribution >= 4 is 33.2 Å². The fraction of sp³-hybridized carbons (Fsp3) is 0. The predicted octanol–water partition coefficient (Wildman–Crippen LogP) is 3.42. The Morgan fingerprint density at radius 2 is 1.94 bits per heavy atom. The third-order valence-corrected chi connectivity index (χ3v) is 3.00. The topological polar surface area (TPSA) is 55.1 Å². The Bertz CT molecular complexity index is 581. The van der Waals surface area contributed by atoms with Gasteiger partial charge in [-0.15, -0.1) is 0 Å². The highest BCUT2D eigenvalue weighted by atomic mass is 79.9. The molecule has 0 bridgehead atoms. The van der Waals surface area contributed by atoms with E-state index in [0.29, 0.717) is 5.69 Å². The minimum atomic E-state index is -0.535. The first-order valence-corrected chi connectivity index (χ1v) is 5.97. The number of para-hydroxylation sites is 1. The second-order valence-corrected chi connectivity index (χ2v) is 4.56. The molecule has 0 aliphatic rings. The van der Waals surface area contributed by atoms with Crippen LogP contribution in [0.4, 0.5) is 15.8 Å². The van der Waals surface area contributed by atoms with Crippen molar-refractivity contribution in [1.29, 1.82) is 0 Å². The SMILES string of the molecule is Nc1cc(F)cc(C(=O)Nc2ccccc2Br)c1. The van der Waals surface area contributed by atoms with Crippen molar-refractivity contribution in [2.45, 2.75) is 0 Å². The zero-order chi connectivity index (χ0) is 13.1. The van der Waals surface area contributed by atoms with Crippen LogP contribution in [0.3, 0.4) is 0 Å². The fourth-order valence-corrected chi connectivity index (χ4v) is 1.88. The van der Waals surface area contributed by atoms with Gasteiger partial charge in [0.2, 0.25) is 0 Å². The number of halogens is 2. The molecule has 2 aromatic rings. The van der Waals surface area contributed by atoms with Gasteiger partial charge < -0.3 is 11.1 Å². The van der Waals surface area contributed by atoms with Crippen LogP contribution < -0.4 is 11.1 Å². The van der Waals surface area contributed by atoms with E-state index < -0.39 is 11.7 Å². The number of rotatable bonds is 2. The van der Waals surface area contributed by atoms with Gasteiger partial charge in [-0.05, 0) is 46.3 Å². The van der Waals surface area contributed by atoms with E-state index in [2.05, 4.69) is 21.2 Å². The van der Waals surface area contributed by atoms with Gasteiger partial charge in [-0.3, -0.25) is 4.79 Å². The number of hydrogen-bond acceptors (Lipinski definition) is 2. The average Bonchev–Trinajstić information content (AvgIpc) is 2.31. The maximum Gasteiger partial charge on any atom is 0.255 e. The first-order valence-electron chi connectivity index (χ1n) is 5.18. The minimum absolute atomic E-state index is 0.184. The van der Waals surface area contributed by atoms with Crippen molar-refractivity contribution in [3.05, 3.63) is 58.3 Å². The number of carbonyl (C=O) groups is 1. The molecular weight excluding hydrogens is 299 g/mol. The summed E-state index contributed by atoms with van der Waals surface area (Å²) in [6.45, 7) is 0. The van der Waals surface area contributed by atoms with E-state index in [1.807, 2.05) is 6.07 Å². The molecule has 0 aromatic heterocycles. The second kappa shape index (κ2) is 5.18. The molecule has 1 amide bonds. The lowest BCUT2D eigenvalue weighted by Crippen LogP contribution is -2.13. The van der Waals surface area contributed by atoms with E-state index in [9.17, 15) is 9.18 Å². The summed E-state index contributed by atoms with van der Waals surface area (Å²) in [6.07, 6.45) is 0.